The molecule has 5 heteroatoms. The van der Waals surface area contributed by atoms with Crippen molar-refractivity contribution in [2.24, 2.45) is 0 Å². The van der Waals surface area contributed by atoms with Crippen LogP contribution < -0.4 is 10.1 Å². The van der Waals surface area contributed by atoms with Gasteiger partial charge >= 0.3 is 0 Å². The number of amides is 1. The molecule has 0 bridgehead atoms. The van der Waals surface area contributed by atoms with Crippen LogP contribution in [0, 0.1) is 6.92 Å². The number of nitrogens with zero attached hydrogens (tertiary/aromatic N) is 1. The molecule has 1 aromatic heterocycles. The van der Waals surface area contributed by atoms with Gasteiger partial charge in [-0.2, -0.15) is 0 Å². The first-order chi connectivity index (χ1) is 10.1. The summed E-state index contributed by atoms with van der Waals surface area (Å²) in [7, 11) is 0. The average molecular weight is 349 g/mol. The van der Waals surface area contributed by atoms with E-state index in [1.807, 2.05) is 43.3 Å². The lowest BCUT2D eigenvalue weighted by atomic mass is 10.3. The Morgan fingerprint density at radius 1 is 1.24 bits per heavy atom. The number of ether oxygens (including phenoxy) is 1. The Morgan fingerprint density at radius 3 is 2.71 bits per heavy atom. The van der Waals surface area contributed by atoms with Crippen molar-refractivity contribution in [3.8, 4) is 5.75 Å². The molecule has 0 aliphatic heterocycles. The van der Waals surface area contributed by atoms with Gasteiger partial charge in [-0.1, -0.05) is 22.0 Å². The number of hydrogen-bond donors (Lipinski definition) is 1. The predicted molar refractivity (Wildman–Crippen MR) is 86.5 cm³/mol. The highest BCUT2D eigenvalue weighted by Crippen LogP contribution is 2.16. The Bertz CT molecular complexity index is 599. The summed E-state index contributed by atoms with van der Waals surface area (Å²) in [6.45, 7) is 2.40. The quantitative estimate of drug-likeness (QED) is 0.804. The zero-order chi connectivity index (χ0) is 15.1. The molecule has 1 amide bonds. The first-order valence-electron chi connectivity index (χ1n) is 6.75. The third kappa shape index (κ3) is 5.55. The van der Waals surface area contributed by atoms with Crippen molar-refractivity contribution in [3.05, 3.63) is 52.6 Å². The Hall–Kier alpha value is -1.88. The second-order valence-electron chi connectivity index (χ2n) is 4.62. The minimum Gasteiger partial charge on any atom is -0.494 e. The summed E-state index contributed by atoms with van der Waals surface area (Å²) in [5.74, 6) is 1.35. The second kappa shape index (κ2) is 7.78. The highest BCUT2D eigenvalue weighted by Gasteiger charge is 2.03. The number of aryl methyl sites for hydroxylation is 1. The second-order valence-corrected chi connectivity index (χ2v) is 5.53. The van der Waals surface area contributed by atoms with Gasteiger partial charge < -0.3 is 10.1 Å². The maximum atomic E-state index is 11.8. The molecule has 0 saturated carbocycles. The number of anilines is 1. The molecular weight excluding hydrogens is 332 g/mol. The van der Waals surface area contributed by atoms with Crippen LogP contribution in [-0.4, -0.2) is 17.5 Å². The van der Waals surface area contributed by atoms with Crippen LogP contribution in [0.2, 0.25) is 0 Å². The van der Waals surface area contributed by atoms with Gasteiger partial charge in [0.2, 0.25) is 5.91 Å². The third-order valence-corrected chi connectivity index (χ3v) is 3.32. The number of carbonyl (C=O) groups is 1. The maximum absolute atomic E-state index is 11.8. The Morgan fingerprint density at radius 2 is 2.00 bits per heavy atom. The van der Waals surface area contributed by atoms with Crippen molar-refractivity contribution in [3.63, 3.8) is 0 Å². The molecule has 21 heavy (non-hydrogen) atoms. The zero-order valence-corrected chi connectivity index (χ0v) is 13.4. The molecule has 0 spiro atoms. The first-order valence-corrected chi connectivity index (χ1v) is 7.55. The van der Waals surface area contributed by atoms with E-state index < -0.39 is 0 Å². The van der Waals surface area contributed by atoms with Gasteiger partial charge in [-0.25, -0.2) is 4.98 Å². The molecule has 2 aromatic rings. The van der Waals surface area contributed by atoms with Crippen LogP contribution in [0.3, 0.4) is 0 Å². The molecule has 0 atom stereocenters. The average Bonchev–Trinajstić information content (AvgIpc) is 2.45. The fourth-order valence-electron chi connectivity index (χ4n) is 1.77. The van der Waals surface area contributed by atoms with E-state index >= 15 is 0 Å². The molecule has 0 saturated heterocycles. The van der Waals surface area contributed by atoms with Crippen LogP contribution in [-0.2, 0) is 4.79 Å². The van der Waals surface area contributed by atoms with E-state index in [1.165, 1.54) is 0 Å². The fourth-order valence-corrected chi connectivity index (χ4v) is 2.04. The number of benzene rings is 1. The van der Waals surface area contributed by atoms with E-state index in [9.17, 15) is 4.79 Å². The number of hydrogen-bond acceptors (Lipinski definition) is 3. The summed E-state index contributed by atoms with van der Waals surface area (Å²) in [6, 6.07) is 13.2. The van der Waals surface area contributed by atoms with Gasteiger partial charge in [-0.15, -0.1) is 0 Å². The highest BCUT2D eigenvalue weighted by atomic mass is 79.9. The van der Waals surface area contributed by atoms with Crippen LogP contribution in [0.25, 0.3) is 0 Å². The SMILES string of the molecule is Cc1cccc(NC(=O)CCCOc2ccc(Br)cc2)n1. The van der Waals surface area contributed by atoms with Gasteiger partial charge in [0.05, 0.1) is 6.61 Å². The largest absolute Gasteiger partial charge is 0.494 e. The van der Waals surface area contributed by atoms with Crippen molar-refractivity contribution in [1.29, 1.82) is 0 Å². The Kier molecular flexibility index (Phi) is 5.75. The summed E-state index contributed by atoms with van der Waals surface area (Å²) >= 11 is 3.37. The Balaban J connectivity index is 1.68. The topological polar surface area (TPSA) is 51.2 Å². The minimum absolute atomic E-state index is 0.0486. The highest BCUT2D eigenvalue weighted by molar-refractivity contribution is 9.10. The normalized spacial score (nSPS) is 10.2. The predicted octanol–water partition coefficient (Wildman–Crippen LogP) is 3.95. The molecule has 0 aliphatic carbocycles. The van der Waals surface area contributed by atoms with Crippen LogP contribution in [0.1, 0.15) is 18.5 Å². The molecule has 1 aromatic carbocycles. The number of pyridine rings is 1. The number of carbonyl (C=O) groups excluding carboxylic acids is 1. The lowest BCUT2D eigenvalue weighted by molar-refractivity contribution is -0.116. The molecule has 110 valence electrons. The van der Waals surface area contributed by atoms with Crippen LogP contribution >= 0.6 is 15.9 Å². The third-order valence-electron chi connectivity index (χ3n) is 2.79. The standard InChI is InChI=1S/C16H17BrN2O2/c1-12-4-2-5-15(18-12)19-16(20)6-3-11-21-14-9-7-13(17)8-10-14/h2,4-5,7-10H,3,6,11H2,1H3,(H,18,19,20). The lowest BCUT2D eigenvalue weighted by Gasteiger charge is -2.07. The van der Waals surface area contributed by atoms with Crippen molar-refractivity contribution in [2.45, 2.75) is 19.8 Å². The molecular formula is C16H17BrN2O2. The van der Waals surface area contributed by atoms with E-state index in [0.29, 0.717) is 25.3 Å². The summed E-state index contributed by atoms with van der Waals surface area (Å²) in [5.41, 5.74) is 0.881. The van der Waals surface area contributed by atoms with Gasteiger partial charge in [0.15, 0.2) is 0 Å². The van der Waals surface area contributed by atoms with Gasteiger partial charge in [0, 0.05) is 16.6 Å². The van der Waals surface area contributed by atoms with Crippen molar-refractivity contribution in [1.82, 2.24) is 4.98 Å². The van der Waals surface area contributed by atoms with Crippen LogP contribution in [0.5, 0.6) is 5.75 Å². The van der Waals surface area contributed by atoms with Gasteiger partial charge in [0.1, 0.15) is 11.6 Å². The molecule has 0 unspecified atom stereocenters. The molecule has 1 heterocycles. The van der Waals surface area contributed by atoms with Crippen LogP contribution in [0.4, 0.5) is 5.82 Å². The molecule has 4 nitrogen and oxygen atoms in total. The smallest absolute Gasteiger partial charge is 0.225 e. The zero-order valence-electron chi connectivity index (χ0n) is 11.8. The van der Waals surface area contributed by atoms with E-state index in [-0.39, 0.29) is 5.91 Å². The summed E-state index contributed by atoms with van der Waals surface area (Å²) in [5, 5.41) is 2.78. The maximum Gasteiger partial charge on any atom is 0.225 e. The van der Waals surface area contributed by atoms with E-state index in [2.05, 4.69) is 26.2 Å². The fraction of sp³-hybridized carbons (Fsp3) is 0.250. The molecule has 0 radical (unpaired) electrons. The Labute approximate surface area is 132 Å². The number of aromatic nitrogens is 1. The monoisotopic (exact) mass is 348 g/mol. The van der Waals surface area contributed by atoms with Crippen molar-refractivity contribution >= 4 is 27.7 Å². The number of nitrogens with one attached hydrogen (secondary N) is 1. The van der Waals surface area contributed by atoms with Crippen LogP contribution in [0.15, 0.2) is 46.9 Å². The van der Waals surface area contributed by atoms with E-state index in [1.54, 1.807) is 6.07 Å². The summed E-state index contributed by atoms with van der Waals surface area (Å²) in [4.78, 5) is 16.0. The minimum atomic E-state index is -0.0486. The van der Waals surface area contributed by atoms with Gasteiger partial charge in [-0.3, -0.25) is 4.79 Å². The van der Waals surface area contributed by atoms with Crippen molar-refractivity contribution < 1.29 is 9.53 Å². The number of rotatable bonds is 6. The van der Waals surface area contributed by atoms with Gasteiger partial charge in [0.25, 0.3) is 0 Å². The number of halogens is 1. The van der Waals surface area contributed by atoms with Gasteiger partial charge in [-0.05, 0) is 49.7 Å². The first kappa shape index (κ1) is 15.5. The molecule has 0 aliphatic rings. The van der Waals surface area contributed by atoms with Crippen molar-refractivity contribution in [2.75, 3.05) is 11.9 Å². The van der Waals surface area contributed by atoms with E-state index in [0.717, 1.165) is 15.9 Å². The summed E-state index contributed by atoms with van der Waals surface area (Å²) < 4.78 is 6.58. The molecule has 0 fully saturated rings. The molecule has 2 rings (SSSR count). The molecule has 1 N–H and O–H groups in total. The lowest BCUT2D eigenvalue weighted by Crippen LogP contribution is -2.13. The summed E-state index contributed by atoms with van der Waals surface area (Å²) in [6.07, 6.45) is 1.07. The van der Waals surface area contributed by atoms with E-state index in [4.69, 9.17) is 4.74 Å².